The molecule has 3 fully saturated rings. The van der Waals surface area contributed by atoms with Gasteiger partial charge in [0.05, 0.1) is 12.1 Å². The van der Waals surface area contributed by atoms with Gasteiger partial charge in [-0.05, 0) is 50.5 Å². The van der Waals surface area contributed by atoms with Crippen molar-refractivity contribution in [2.75, 3.05) is 13.2 Å². The van der Waals surface area contributed by atoms with E-state index < -0.39 is 0 Å². The summed E-state index contributed by atoms with van der Waals surface area (Å²) in [4.78, 5) is 12.7. The monoisotopic (exact) mass is 356 g/mol. The molecule has 1 aromatic carbocycles. The van der Waals surface area contributed by atoms with E-state index in [1.54, 1.807) is 0 Å². The standard InChI is InChI=1S/C22H32N2O2/c1-15-8-10-16(11-9-15)21-18(6-4-12-26-21)14-23-22(25)20-13-17-5-2-3-7-19(17)24-20/h8-11,17-21,24H,2-7,12-14H2,1H3,(H,23,25). The molecule has 142 valence electrons. The van der Waals surface area contributed by atoms with Crippen LogP contribution in [-0.4, -0.2) is 31.1 Å². The fraction of sp³-hybridized carbons (Fsp3) is 0.682. The van der Waals surface area contributed by atoms with Crippen LogP contribution < -0.4 is 10.6 Å². The number of fused-ring (bicyclic) bond motifs is 1. The molecule has 2 saturated heterocycles. The molecule has 26 heavy (non-hydrogen) atoms. The van der Waals surface area contributed by atoms with E-state index in [0.717, 1.165) is 25.9 Å². The summed E-state index contributed by atoms with van der Waals surface area (Å²) in [5, 5.41) is 6.82. The Hall–Kier alpha value is -1.39. The lowest BCUT2D eigenvalue weighted by atomic mass is 9.85. The number of ether oxygens (including phenoxy) is 1. The number of benzene rings is 1. The lowest BCUT2D eigenvalue weighted by molar-refractivity contribution is -0.123. The van der Waals surface area contributed by atoms with Crippen LogP contribution in [0.15, 0.2) is 24.3 Å². The molecule has 3 aliphatic rings. The van der Waals surface area contributed by atoms with E-state index >= 15 is 0 Å². The average Bonchev–Trinajstić information content (AvgIpc) is 3.11. The highest BCUT2D eigenvalue weighted by Gasteiger charge is 2.38. The van der Waals surface area contributed by atoms with Crippen molar-refractivity contribution in [2.24, 2.45) is 11.8 Å². The van der Waals surface area contributed by atoms with Gasteiger partial charge in [-0.25, -0.2) is 0 Å². The first-order valence-electron chi connectivity index (χ1n) is 10.4. The van der Waals surface area contributed by atoms with E-state index in [2.05, 4.69) is 41.8 Å². The van der Waals surface area contributed by atoms with Gasteiger partial charge in [-0.15, -0.1) is 0 Å². The van der Waals surface area contributed by atoms with Gasteiger partial charge in [0.15, 0.2) is 0 Å². The topological polar surface area (TPSA) is 50.4 Å². The van der Waals surface area contributed by atoms with Crippen LogP contribution in [0.4, 0.5) is 0 Å². The Kier molecular flexibility index (Phi) is 5.60. The molecule has 0 aromatic heterocycles. The second-order valence-electron chi connectivity index (χ2n) is 8.46. The number of hydrogen-bond donors (Lipinski definition) is 2. The summed E-state index contributed by atoms with van der Waals surface area (Å²) < 4.78 is 6.08. The van der Waals surface area contributed by atoms with Crippen molar-refractivity contribution in [1.29, 1.82) is 0 Å². The largest absolute Gasteiger partial charge is 0.373 e. The summed E-state index contributed by atoms with van der Waals surface area (Å²) in [6, 6.07) is 9.20. The van der Waals surface area contributed by atoms with Crippen LogP contribution in [0.3, 0.4) is 0 Å². The first-order valence-corrected chi connectivity index (χ1v) is 10.4. The number of aryl methyl sites for hydroxylation is 1. The SMILES string of the molecule is Cc1ccc(C2OCCCC2CNC(=O)C2CC3CCCCC3N2)cc1. The number of amides is 1. The van der Waals surface area contributed by atoms with Gasteiger partial charge in [-0.1, -0.05) is 42.7 Å². The van der Waals surface area contributed by atoms with Crippen LogP contribution in [-0.2, 0) is 9.53 Å². The second-order valence-corrected chi connectivity index (χ2v) is 8.46. The minimum absolute atomic E-state index is 0.00503. The molecule has 0 radical (unpaired) electrons. The van der Waals surface area contributed by atoms with Crippen LogP contribution in [0, 0.1) is 18.8 Å². The molecule has 4 nitrogen and oxygen atoms in total. The van der Waals surface area contributed by atoms with Gasteiger partial charge in [0.2, 0.25) is 5.91 Å². The smallest absolute Gasteiger partial charge is 0.237 e. The molecule has 5 unspecified atom stereocenters. The van der Waals surface area contributed by atoms with E-state index in [1.165, 1.54) is 36.8 Å². The molecular weight excluding hydrogens is 324 g/mol. The number of hydrogen-bond acceptors (Lipinski definition) is 3. The molecule has 0 bridgehead atoms. The maximum absolute atomic E-state index is 12.7. The fourth-order valence-electron chi connectivity index (χ4n) is 5.05. The van der Waals surface area contributed by atoms with Gasteiger partial charge in [0.1, 0.15) is 0 Å². The van der Waals surface area contributed by atoms with E-state index in [9.17, 15) is 4.79 Å². The normalized spacial score (nSPS) is 34.3. The molecule has 1 amide bonds. The Morgan fingerprint density at radius 2 is 1.96 bits per heavy atom. The third kappa shape index (κ3) is 3.96. The van der Waals surface area contributed by atoms with Crippen molar-refractivity contribution >= 4 is 5.91 Å². The number of carbonyl (C=O) groups is 1. The predicted octanol–water partition coefficient (Wildman–Crippen LogP) is 3.50. The van der Waals surface area contributed by atoms with Gasteiger partial charge in [-0.3, -0.25) is 4.79 Å². The molecule has 2 aliphatic heterocycles. The van der Waals surface area contributed by atoms with E-state index in [4.69, 9.17) is 4.74 Å². The molecule has 1 aromatic rings. The Labute approximate surface area is 157 Å². The summed E-state index contributed by atoms with van der Waals surface area (Å²) in [5.74, 6) is 1.25. The molecule has 4 rings (SSSR count). The molecule has 2 N–H and O–H groups in total. The van der Waals surface area contributed by atoms with Crippen LogP contribution >= 0.6 is 0 Å². The maximum Gasteiger partial charge on any atom is 0.237 e. The Balaban J connectivity index is 1.33. The Morgan fingerprint density at radius 1 is 1.15 bits per heavy atom. The van der Waals surface area contributed by atoms with Crippen molar-refractivity contribution in [3.05, 3.63) is 35.4 Å². The van der Waals surface area contributed by atoms with Gasteiger partial charge in [0, 0.05) is 25.1 Å². The van der Waals surface area contributed by atoms with E-state index in [-0.39, 0.29) is 18.1 Å². The molecule has 1 saturated carbocycles. The fourth-order valence-corrected chi connectivity index (χ4v) is 5.05. The van der Waals surface area contributed by atoms with Crippen LogP contribution in [0.25, 0.3) is 0 Å². The lowest BCUT2D eigenvalue weighted by Gasteiger charge is -2.32. The van der Waals surface area contributed by atoms with Crippen LogP contribution in [0.5, 0.6) is 0 Å². The van der Waals surface area contributed by atoms with Gasteiger partial charge in [-0.2, -0.15) is 0 Å². The molecule has 1 aliphatic carbocycles. The van der Waals surface area contributed by atoms with Crippen molar-refractivity contribution in [3.63, 3.8) is 0 Å². The summed E-state index contributed by atoms with van der Waals surface area (Å²) in [6.07, 6.45) is 8.46. The molecule has 0 spiro atoms. The van der Waals surface area contributed by atoms with Gasteiger partial charge < -0.3 is 15.4 Å². The van der Waals surface area contributed by atoms with Crippen LogP contribution in [0.2, 0.25) is 0 Å². The maximum atomic E-state index is 12.7. The number of rotatable bonds is 4. The zero-order chi connectivity index (χ0) is 17.9. The lowest BCUT2D eigenvalue weighted by Crippen LogP contribution is -2.45. The average molecular weight is 357 g/mol. The summed E-state index contributed by atoms with van der Waals surface area (Å²) in [5.41, 5.74) is 2.50. The quantitative estimate of drug-likeness (QED) is 0.868. The first kappa shape index (κ1) is 18.0. The van der Waals surface area contributed by atoms with Crippen molar-refractivity contribution in [3.8, 4) is 0 Å². The van der Waals surface area contributed by atoms with Crippen molar-refractivity contribution in [2.45, 2.75) is 70.1 Å². The second kappa shape index (κ2) is 8.10. The van der Waals surface area contributed by atoms with Gasteiger partial charge >= 0.3 is 0 Å². The Morgan fingerprint density at radius 3 is 2.77 bits per heavy atom. The zero-order valence-electron chi connectivity index (χ0n) is 15.9. The minimum Gasteiger partial charge on any atom is -0.373 e. The molecule has 5 atom stereocenters. The first-order chi connectivity index (χ1) is 12.7. The number of nitrogens with one attached hydrogen (secondary N) is 2. The zero-order valence-corrected chi connectivity index (χ0v) is 15.9. The highest BCUT2D eigenvalue weighted by molar-refractivity contribution is 5.82. The molecular formula is C22H32N2O2. The van der Waals surface area contributed by atoms with E-state index in [1.807, 2.05) is 0 Å². The third-order valence-electron chi connectivity index (χ3n) is 6.57. The predicted molar refractivity (Wildman–Crippen MR) is 103 cm³/mol. The molecule has 2 heterocycles. The summed E-state index contributed by atoms with van der Waals surface area (Å²) in [7, 11) is 0. The van der Waals surface area contributed by atoms with Crippen LogP contribution in [0.1, 0.15) is 62.2 Å². The van der Waals surface area contributed by atoms with E-state index in [0.29, 0.717) is 24.4 Å². The number of carbonyl (C=O) groups excluding carboxylic acids is 1. The minimum atomic E-state index is 0.00503. The third-order valence-corrected chi connectivity index (χ3v) is 6.57. The summed E-state index contributed by atoms with van der Waals surface area (Å²) in [6.45, 7) is 3.64. The van der Waals surface area contributed by atoms with Gasteiger partial charge in [0.25, 0.3) is 0 Å². The summed E-state index contributed by atoms with van der Waals surface area (Å²) >= 11 is 0. The van der Waals surface area contributed by atoms with Crippen molar-refractivity contribution in [1.82, 2.24) is 10.6 Å². The Bertz CT molecular complexity index is 601. The highest BCUT2D eigenvalue weighted by atomic mass is 16.5. The molecule has 4 heteroatoms. The van der Waals surface area contributed by atoms with Crippen molar-refractivity contribution < 1.29 is 9.53 Å². The highest BCUT2D eigenvalue weighted by Crippen LogP contribution is 2.35.